The predicted octanol–water partition coefficient (Wildman–Crippen LogP) is 2.11. The minimum atomic E-state index is -4.16. The summed E-state index contributed by atoms with van der Waals surface area (Å²) in [7, 11) is -3.00. The molecule has 0 saturated heterocycles. The largest absolute Gasteiger partial charge is 0.468 e. The van der Waals surface area contributed by atoms with Gasteiger partial charge in [0.2, 0.25) is 10.0 Å². The molecule has 0 aliphatic heterocycles. The van der Waals surface area contributed by atoms with Gasteiger partial charge in [-0.25, -0.2) is 8.42 Å². The number of methoxy groups -OCH3 is 1. The zero-order valence-electron chi connectivity index (χ0n) is 12.8. The van der Waals surface area contributed by atoms with Crippen molar-refractivity contribution in [2.75, 3.05) is 7.11 Å². The molecule has 0 aliphatic carbocycles. The highest BCUT2D eigenvalue weighted by Crippen LogP contribution is 2.27. The van der Waals surface area contributed by atoms with Crippen LogP contribution >= 0.6 is 11.6 Å². The van der Waals surface area contributed by atoms with E-state index in [9.17, 15) is 23.3 Å². The maximum absolute atomic E-state index is 12.4. The second-order valence-electron chi connectivity index (χ2n) is 4.88. The van der Waals surface area contributed by atoms with E-state index >= 15 is 0 Å². The van der Waals surface area contributed by atoms with Crippen LogP contribution in [-0.4, -0.2) is 32.5 Å². The van der Waals surface area contributed by atoms with Crippen LogP contribution in [0.3, 0.4) is 0 Å². The van der Waals surface area contributed by atoms with E-state index in [-0.39, 0.29) is 15.8 Å². The summed E-state index contributed by atoms with van der Waals surface area (Å²) >= 11 is 5.66. The summed E-state index contributed by atoms with van der Waals surface area (Å²) in [6.45, 7) is 3.48. The number of ether oxygens (including phenoxy) is 1. The molecule has 2 atom stereocenters. The summed E-state index contributed by atoms with van der Waals surface area (Å²) in [6, 6.07) is 1.99. The van der Waals surface area contributed by atoms with Gasteiger partial charge in [0.05, 0.1) is 16.9 Å². The first-order chi connectivity index (χ1) is 10.6. The first kappa shape index (κ1) is 19.3. The van der Waals surface area contributed by atoms with Gasteiger partial charge in [-0.1, -0.05) is 31.9 Å². The number of nitrogens with zero attached hydrogens (tertiary/aromatic N) is 1. The van der Waals surface area contributed by atoms with Crippen LogP contribution in [0.1, 0.15) is 20.3 Å². The Morgan fingerprint density at radius 2 is 2.09 bits per heavy atom. The summed E-state index contributed by atoms with van der Waals surface area (Å²) in [5.74, 6) is -1.05. The van der Waals surface area contributed by atoms with E-state index in [1.807, 2.05) is 0 Å². The summed E-state index contributed by atoms with van der Waals surface area (Å²) in [4.78, 5) is 21.5. The van der Waals surface area contributed by atoms with E-state index in [0.717, 1.165) is 25.3 Å². The fourth-order valence-corrected chi connectivity index (χ4v) is 3.29. The third-order valence-corrected chi connectivity index (χ3v) is 5.13. The van der Waals surface area contributed by atoms with Crippen molar-refractivity contribution >= 4 is 33.3 Å². The first-order valence-corrected chi connectivity index (χ1v) is 8.54. The van der Waals surface area contributed by atoms with Gasteiger partial charge in [-0.15, -0.1) is 0 Å². The van der Waals surface area contributed by atoms with Crippen molar-refractivity contribution in [2.45, 2.75) is 31.2 Å². The van der Waals surface area contributed by atoms with Crippen LogP contribution in [0.15, 0.2) is 23.1 Å². The second-order valence-corrected chi connectivity index (χ2v) is 7.00. The number of benzene rings is 1. The molecule has 1 rings (SSSR count). The maximum atomic E-state index is 12.4. The van der Waals surface area contributed by atoms with E-state index in [1.54, 1.807) is 13.8 Å². The first-order valence-electron chi connectivity index (χ1n) is 6.68. The smallest absolute Gasteiger partial charge is 0.324 e. The fraction of sp³-hybridized carbons (Fsp3) is 0.462. The van der Waals surface area contributed by atoms with Crippen LogP contribution in [0.5, 0.6) is 0 Å². The number of hydrogen-bond acceptors (Lipinski definition) is 6. The van der Waals surface area contributed by atoms with Gasteiger partial charge in [-0.05, 0) is 18.1 Å². The molecule has 0 fully saturated rings. The Kier molecular flexibility index (Phi) is 6.48. The summed E-state index contributed by atoms with van der Waals surface area (Å²) in [6.07, 6.45) is 0.531. The molecule has 0 aliphatic rings. The van der Waals surface area contributed by atoms with Gasteiger partial charge in [-0.2, -0.15) is 4.72 Å². The Morgan fingerprint density at radius 3 is 2.57 bits per heavy atom. The van der Waals surface area contributed by atoms with Gasteiger partial charge in [0.15, 0.2) is 0 Å². The molecule has 0 heterocycles. The Labute approximate surface area is 139 Å². The molecule has 0 aromatic heterocycles. The summed E-state index contributed by atoms with van der Waals surface area (Å²) in [5.41, 5.74) is -0.535. The molecule has 0 saturated carbocycles. The maximum Gasteiger partial charge on any atom is 0.324 e. The van der Waals surface area contributed by atoms with Crippen molar-refractivity contribution < 1.29 is 22.9 Å². The number of rotatable bonds is 7. The van der Waals surface area contributed by atoms with Crippen LogP contribution in [-0.2, 0) is 19.6 Å². The van der Waals surface area contributed by atoms with Gasteiger partial charge in [0, 0.05) is 6.07 Å². The van der Waals surface area contributed by atoms with E-state index in [0.29, 0.717) is 6.42 Å². The molecule has 0 spiro atoms. The molecule has 0 bridgehead atoms. The number of hydrogen-bond donors (Lipinski definition) is 1. The molecule has 0 unspecified atom stereocenters. The van der Waals surface area contributed by atoms with Crippen LogP contribution in [0, 0.1) is 16.0 Å². The number of nitro groups is 1. The van der Waals surface area contributed by atoms with Crippen molar-refractivity contribution in [1.82, 2.24) is 4.72 Å². The Bertz CT molecular complexity index is 706. The number of halogens is 1. The van der Waals surface area contributed by atoms with Gasteiger partial charge in [0.25, 0.3) is 5.69 Å². The van der Waals surface area contributed by atoms with E-state index in [4.69, 9.17) is 11.6 Å². The Hall–Kier alpha value is -1.71. The van der Waals surface area contributed by atoms with Gasteiger partial charge < -0.3 is 4.74 Å². The molecular weight excluding hydrogens is 348 g/mol. The molecule has 128 valence electrons. The lowest BCUT2D eigenvalue weighted by Gasteiger charge is -2.21. The van der Waals surface area contributed by atoms with Crippen LogP contribution in [0.25, 0.3) is 0 Å². The van der Waals surface area contributed by atoms with Crippen LogP contribution < -0.4 is 4.72 Å². The average molecular weight is 365 g/mol. The number of sulfonamides is 1. The Balaban J connectivity index is 3.22. The monoisotopic (exact) mass is 364 g/mol. The topological polar surface area (TPSA) is 116 Å². The molecule has 1 N–H and O–H groups in total. The summed E-state index contributed by atoms with van der Waals surface area (Å²) < 4.78 is 31.6. The lowest BCUT2D eigenvalue weighted by molar-refractivity contribution is -0.384. The molecule has 1 aromatic carbocycles. The molecular formula is C13H17ClN2O6S. The third kappa shape index (κ3) is 4.63. The van der Waals surface area contributed by atoms with E-state index in [1.165, 1.54) is 0 Å². The second kappa shape index (κ2) is 7.71. The number of nitro benzene ring substituents is 1. The normalized spacial score (nSPS) is 14.1. The third-order valence-electron chi connectivity index (χ3n) is 3.37. The van der Waals surface area contributed by atoms with Crippen molar-refractivity contribution in [2.24, 2.45) is 5.92 Å². The van der Waals surface area contributed by atoms with Gasteiger partial charge in [-0.3, -0.25) is 14.9 Å². The fourth-order valence-electron chi connectivity index (χ4n) is 1.79. The zero-order valence-corrected chi connectivity index (χ0v) is 14.3. The highest BCUT2D eigenvalue weighted by atomic mass is 35.5. The van der Waals surface area contributed by atoms with Crippen molar-refractivity contribution in [3.63, 3.8) is 0 Å². The molecule has 1 aromatic rings. The molecule has 0 amide bonds. The van der Waals surface area contributed by atoms with E-state index in [2.05, 4.69) is 9.46 Å². The minimum absolute atomic E-state index is 0.180. The lowest BCUT2D eigenvalue weighted by Crippen LogP contribution is -2.45. The van der Waals surface area contributed by atoms with Gasteiger partial charge in [0.1, 0.15) is 11.1 Å². The Morgan fingerprint density at radius 1 is 1.48 bits per heavy atom. The summed E-state index contributed by atoms with van der Waals surface area (Å²) in [5, 5.41) is 10.7. The predicted molar refractivity (Wildman–Crippen MR) is 83.7 cm³/mol. The molecule has 10 heteroatoms. The quantitative estimate of drug-likeness (QED) is 0.450. The molecule has 8 nitrogen and oxygen atoms in total. The highest BCUT2D eigenvalue weighted by molar-refractivity contribution is 7.89. The highest BCUT2D eigenvalue weighted by Gasteiger charge is 2.31. The van der Waals surface area contributed by atoms with Crippen molar-refractivity contribution in [3.8, 4) is 0 Å². The van der Waals surface area contributed by atoms with Crippen LogP contribution in [0.4, 0.5) is 5.69 Å². The SMILES string of the molecule is CC[C@@H](C)[C@@H](NS(=O)(=O)c1ccc(Cl)c([N+](=O)[O-])c1)C(=O)OC. The average Bonchev–Trinajstić information content (AvgIpc) is 2.51. The lowest BCUT2D eigenvalue weighted by atomic mass is 10.0. The number of carbonyl (C=O) groups excluding carboxylic acids is 1. The zero-order chi connectivity index (χ0) is 17.8. The number of esters is 1. The number of nitrogens with one attached hydrogen (secondary N) is 1. The van der Waals surface area contributed by atoms with Crippen molar-refractivity contribution in [1.29, 1.82) is 0 Å². The van der Waals surface area contributed by atoms with Crippen molar-refractivity contribution in [3.05, 3.63) is 33.3 Å². The number of carbonyl (C=O) groups is 1. The molecule has 0 radical (unpaired) electrons. The van der Waals surface area contributed by atoms with Crippen LogP contribution in [0.2, 0.25) is 5.02 Å². The standard InChI is InChI=1S/C13H17ClN2O6S/c1-4-8(2)12(13(17)22-3)15-23(20,21)9-5-6-10(14)11(7-9)16(18)19/h5-8,12,15H,4H2,1-3H3/t8-,12-/m1/s1. The minimum Gasteiger partial charge on any atom is -0.468 e. The molecule has 23 heavy (non-hydrogen) atoms. The van der Waals surface area contributed by atoms with Gasteiger partial charge >= 0.3 is 5.97 Å². The van der Waals surface area contributed by atoms with E-state index < -0.39 is 32.6 Å².